The van der Waals surface area contributed by atoms with Gasteiger partial charge in [-0.2, -0.15) is 0 Å². The van der Waals surface area contributed by atoms with Crippen molar-refractivity contribution in [2.45, 2.75) is 82.3 Å². The summed E-state index contributed by atoms with van der Waals surface area (Å²) in [6, 6.07) is -0.949. The summed E-state index contributed by atoms with van der Waals surface area (Å²) in [5.74, 6) is -1.64. The molecule has 4 rings (SSSR count). The van der Waals surface area contributed by atoms with Crippen molar-refractivity contribution in [2.75, 3.05) is 6.61 Å². The molecule has 7 atom stereocenters. The number of rotatable bonds is 3. The number of aliphatic hydroxyl groups is 3. The van der Waals surface area contributed by atoms with Crippen molar-refractivity contribution >= 4 is 11.9 Å². The topological polar surface area (TPSA) is 139 Å². The molecule has 8 heteroatoms. The Morgan fingerprint density at radius 3 is 2.52 bits per heavy atom. The van der Waals surface area contributed by atoms with Crippen molar-refractivity contribution < 1.29 is 34.4 Å². The molecule has 1 heterocycles. The van der Waals surface area contributed by atoms with Gasteiger partial charge in [-0.3, -0.25) is 4.79 Å². The number of cyclic esters (lactones) is 1. The Morgan fingerprint density at radius 1 is 1.23 bits per heavy atom. The summed E-state index contributed by atoms with van der Waals surface area (Å²) in [7, 11) is 0. The molecule has 0 aromatic heterocycles. The predicted octanol–water partition coefficient (Wildman–Crippen LogP) is 0.728. The van der Waals surface area contributed by atoms with E-state index < -0.39 is 46.3 Å². The van der Waals surface area contributed by atoms with E-state index in [0.29, 0.717) is 24.8 Å². The zero-order valence-electron chi connectivity index (χ0n) is 18.6. The predicted molar refractivity (Wildman–Crippen MR) is 110 cm³/mol. The first-order valence-electron chi connectivity index (χ1n) is 11.0. The molecule has 0 unspecified atom stereocenters. The van der Waals surface area contributed by atoms with Crippen molar-refractivity contribution in [3.05, 3.63) is 23.3 Å². The van der Waals surface area contributed by atoms with Gasteiger partial charge in [0.2, 0.25) is 0 Å². The fraction of sp³-hybridized carbons (Fsp3) is 0.739. The van der Waals surface area contributed by atoms with Crippen LogP contribution >= 0.6 is 0 Å². The van der Waals surface area contributed by atoms with E-state index in [1.165, 1.54) is 19.1 Å². The summed E-state index contributed by atoms with van der Waals surface area (Å²) in [4.78, 5) is 24.6. The maximum atomic E-state index is 12.5. The fourth-order valence-electron chi connectivity index (χ4n) is 6.26. The third kappa shape index (κ3) is 2.74. The normalized spacial score (nSPS) is 45.0. The lowest BCUT2D eigenvalue weighted by Gasteiger charge is -2.65. The average Bonchev–Trinajstić information content (AvgIpc) is 3.07. The lowest BCUT2D eigenvalue weighted by Crippen LogP contribution is -2.78. The van der Waals surface area contributed by atoms with Crippen LogP contribution in [0, 0.1) is 17.3 Å². The van der Waals surface area contributed by atoms with Crippen LogP contribution in [0.1, 0.15) is 53.4 Å². The lowest BCUT2D eigenvalue weighted by atomic mass is 9.44. The highest BCUT2D eigenvalue weighted by Crippen LogP contribution is 2.64. The zero-order chi connectivity index (χ0) is 23.0. The van der Waals surface area contributed by atoms with E-state index in [9.17, 15) is 24.9 Å². The number of fused-ring (bicyclic) bond motifs is 4. The number of hydrogen-bond donors (Lipinski definition) is 4. The van der Waals surface area contributed by atoms with Gasteiger partial charge in [0.05, 0.1) is 0 Å². The van der Waals surface area contributed by atoms with Gasteiger partial charge in [0.15, 0.2) is 6.10 Å². The maximum absolute atomic E-state index is 12.5. The Labute approximate surface area is 182 Å². The SMILES string of the molecule is CC(C)[C@]1(O)C=C[C@@]2(O)[C@@]3(C)CCC4=C(COC4=O)[C@@H]3CC[C@@]2(O)[C@@H]1OC(=O)[C@H](C)N. The molecule has 31 heavy (non-hydrogen) atoms. The molecule has 3 aliphatic carbocycles. The molecular weight excluding hydrogens is 402 g/mol. The van der Waals surface area contributed by atoms with E-state index in [1.807, 2.05) is 6.92 Å². The molecule has 1 fully saturated rings. The number of carbonyl (C=O) groups excluding carboxylic acids is 2. The van der Waals surface area contributed by atoms with E-state index in [2.05, 4.69) is 0 Å². The highest BCUT2D eigenvalue weighted by molar-refractivity contribution is 5.92. The largest absolute Gasteiger partial charge is 0.458 e. The van der Waals surface area contributed by atoms with E-state index >= 15 is 0 Å². The number of nitrogens with two attached hydrogens (primary N) is 1. The lowest BCUT2D eigenvalue weighted by molar-refractivity contribution is -0.298. The molecule has 172 valence electrons. The second-order valence-corrected chi connectivity index (χ2v) is 10.3. The molecule has 1 saturated carbocycles. The van der Waals surface area contributed by atoms with Crippen LogP contribution < -0.4 is 5.73 Å². The smallest absolute Gasteiger partial charge is 0.334 e. The molecule has 0 aromatic rings. The minimum absolute atomic E-state index is 0.0744. The van der Waals surface area contributed by atoms with Gasteiger partial charge in [0.1, 0.15) is 29.5 Å². The van der Waals surface area contributed by atoms with Gasteiger partial charge in [-0.1, -0.05) is 32.9 Å². The number of carbonyl (C=O) groups is 2. The first-order chi connectivity index (χ1) is 14.3. The van der Waals surface area contributed by atoms with Gasteiger partial charge >= 0.3 is 11.9 Å². The molecule has 4 aliphatic rings. The van der Waals surface area contributed by atoms with Crippen LogP contribution in [-0.4, -0.2) is 62.8 Å². The van der Waals surface area contributed by atoms with Crippen LogP contribution in [0.4, 0.5) is 0 Å². The van der Waals surface area contributed by atoms with Crippen LogP contribution in [0.5, 0.6) is 0 Å². The molecule has 0 saturated heterocycles. The van der Waals surface area contributed by atoms with Gasteiger partial charge in [0.25, 0.3) is 0 Å². The summed E-state index contributed by atoms with van der Waals surface area (Å²) < 4.78 is 10.9. The summed E-state index contributed by atoms with van der Waals surface area (Å²) in [5, 5.41) is 35.6. The Kier molecular flexibility index (Phi) is 4.98. The van der Waals surface area contributed by atoms with Gasteiger partial charge in [-0.05, 0) is 50.0 Å². The molecule has 0 radical (unpaired) electrons. The van der Waals surface area contributed by atoms with E-state index in [-0.39, 0.29) is 24.9 Å². The van der Waals surface area contributed by atoms with Gasteiger partial charge < -0.3 is 30.5 Å². The molecule has 0 amide bonds. The van der Waals surface area contributed by atoms with Gasteiger partial charge in [0, 0.05) is 11.0 Å². The van der Waals surface area contributed by atoms with Crippen molar-refractivity contribution in [3.63, 3.8) is 0 Å². The first-order valence-corrected chi connectivity index (χ1v) is 11.0. The number of ether oxygens (including phenoxy) is 2. The van der Waals surface area contributed by atoms with E-state index in [0.717, 1.165) is 5.57 Å². The summed E-state index contributed by atoms with van der Waals surface area (Å²) >= 11 is 0. The minimum Gasteiger partial charge on any atom is -0.458 e. The van der Waals surface area contributed by atoms with Crippen LogP contribution in [0.3, 0.4) is 0 Å². The fourth-order valence-corrected chi connectivity index (χ4v) is 6.26. The average molecular weight is 436 g/mol. The van der Waals surface area contributed by atoms with E-state index in [4.69, 9.17) is 15.2 Å². The molecular formula is C23H33NO7. The van der Waals surface area contributed by atoms with Gasteiger partial charge in [-0.15, -0.1) is 0 Å². The van der Waals surface area contributed by atoms with Gasteiger partial charge in [-0.25, -0.2) is 4.79 Å². The molecule has 1 aliphatic heterocycles. The van der Waals surface area contributed by atoms with Crippen molar-refractivity contribution in [3.8, 4) is 0 Å². The Bertz CT molecular complexity index is 879. The van der Waals surface area contributed by atoms with Crippen LogP contribution in [0.15, 0.2) is 23.3 Å². The molecule has 0 spiro atoms. The first kappa shape index (κ1) is 22.5. The Hall–Kier alpha value is -1.74. The standard InChI is InChI=1S/C23H33NO7/c1-12(2)21(27)9-10-23(29)20(4)7-5-14-15(11-30-18(14)26)16(20)6-8-22(23,28)19(21)31-17(25)13(3)24/h9-10,12-13,16,19,27-29H,5-8,11,24H2,1-4H3/t13-,16-,19+,20-,21+,22+,23+/m0/s1. The summed E-state index contributed by atoms with van der Waals surface area (Å²) in [5.41, 5.74) is 1.00. The Morgan fingerprint density at radius 2 is 1.90 bits per heavy atom. The monoisotopic (exact) mass is 435 g/mol. The van der Waals surface area contributed by atoms with Crippen LogP contribution in [0.25, 0.3) is 0 Å². The zero-order valence-corrected chi connectivity index (χ0v) is 18.6. The number of hydrogen-bond acceptors (Lipinski definition) is 8. The summed E-state index contributed by atoms with van der Waals surface area (Å²) in [6.07, 6.45) is 2.96. The third-order valence-electron chi connectivity index (χ3n) is 8.40. The quantitative estimate of drug-likeness (QED) is 0.376. The van der Waals surface area contributed by atoms with Crippen molar-refractivity contribution in [2.24, 2.45) is 23.0 Å². The highest BCUT2D eigenvalue weighted by Gasteiger charge is 2.73. The highest BCUT2D eigenvalue weighted by atomic mass is 16.6. The maximum Gasteiger partial charge on any atom is 0.334 e. The van der Waals surface area contributed by atoms with E-state index in [1.54, 1.807) is 13.8 Å². The molecule has 0 bridgehead atoms. The second-order valence-electron chi connectivity index (χ2n) is 10.3. The van der Waals surface area contributed by atoms with Crippen molar-refractivity contribution in [1.82, 2.24) is 0 Å². The second kappa shape index (κ2) is 6.88. The number of esters is 2. The van der Waals surface area contributed by atoms with Crippen LogP contribution in [-0.2, 0) is 19.1 Å². The molecule has 8 nitrogen and oxygen atoms in total. The van der Waals surface area contributed by atoms with Crippen molar-refractivity contribution in [1.29, 1.82) is 0 Å². The summed E-state index contributed by atoms with van der Waals surface area (Å²) in [6.45, 7) is 7.08. The minimum atomic E-state index is -1.93. The molecule has 0 aromatic carbocycles. The Balaban J connectivity index is 1.84. The molecule has 5 N–H and O–H groups in total. The van der Waals surface area contributed by atoms with Crippen LogP contribution in [0.2, 0.25) is 0 Å². The third-order valence-corrected chi connectivity index (χ3v) is 8.40.